The van der Waals surface area contributed by atoms with E-state index in [1.165, 1.54) is 12.8 Å². The molecule has 2 fully saturated rings. The van der Waals surface area contributed by atoms with E-state index in [1.807, 2.05) is 6.20 Å². The standard InChI is InChI=1S/C17H25N5O2/c1-2-15-20-16(22-21-15)11-5-12(14(23)6-11)7-18-8-13-9-19-17(24-13)10-3-4-10/h9-12,14,18,23H,2-8H2,1H3,(H,20,21,22)/t11-,12+,14+/m0/s1. The van der Waals surface area contributed by atoms with Crippen LogP contribution in [0.5, 0.6) is 0 Å². The SMILES string of the molecule is CCc1nc([C@H]2C[C@H](CNCc3cnc(C4CC4)o3)[C@H](O)C2)n[nH]1. The van der Waals surface area contributed by atoms with Crippen LogP contribution in [-0.4, -0.2) is 37.9 Å². The summed E-state index contributed by atoms with van der Waals surface area (Å²) in [4.78, 5) is 8.84. The fraction of sp³-hybridized carbons (Fsp3) is 0.706. The van der Waals surface area contributed by atoms with E-state index in [9.17, 15) is 5.11 Å². The van der Waals surface area contributed by atoms with Crippen molar-refractivity contribution in [2.24, 2.45) is 5.92 Å². The maximum Gasteiger partial charge on any atom is 0.197 e. The molecule has 3 atom stereocenters. The van der Waals surface area contributed by atoms with Crippen molar-refractivity contribution >= 4 is 0 Å². The summed E-state index contributed by atoms with van der Waals surface area (Å²) < 4.78 is 5.74. The third-order valence-electron chi connectivity index (χ3n) is 5.11. The molecular weight excluding hydrogens is 306 g/mol. The minimum absolute atomic E-state index is 0.226. The second-order valence-corrected chi connectivity index (χ2v) is 7.06. The van der Waals surface area contributed by atoms with Gasteiger partial charge in [-0.25, -0.2) is 9.97 Å². The van der Waals surface area contributed by atoms with Gasteiger partial charge in [0.25, 0.3) is 0 Å². The summed E-state index contributed by atoms with van der Waals surface area (Å²) in [5, 5.41) is 21.0. The number of oxazole rings is 1. The van der Waals surface area contributed by atoms with Crippen LogP contribution in [0.2, 0.25) is 0 Å². The number of nitrogens with zero attached hydrogens (tertiary/aromatic N) is 3. The molecule has 2 aliphatic rings. The third-order valence-corrected chi connectivity index (χ3v) is 5.11. The van der Waals surface area contributed by atoms with Gasteiger partial charge in [0.05, 0.1) is 18.8 Å². The summed E-state index contributed by atoms with van der Waals surface area (Å²) in [7, 11) is 0. The van der Waals surface area contributed by atoms with E-state index in [0.29, 0.717) is 12.5 Å². The number of hydrogen-bond donors (Lipinski definition) is 3. The smallest absolute Gasteiger partial charge is 0.197 e. The highest BCUT2D eigenvalue weighted by Crippen LogP contribution is 2.39. The van der Waals surface area contributed by atoms with E-state index in [-0.39, 0.29) is 17.9 Å². The van der Waals surface area contributed by atoms with E-state index in [1.54, 1.807) is 0 Å². The van der Waals surface area contributed by atoms with Crippen molar-refractivity contribution in [1.29, 1.82) is 0 Å². The highest BCUT2D eigenvalue weighted by Gasteiger charge is 2.35. The van der Waals surface area contributed by atoms with Crippen molar-refractivity contribution in [3.05, 3.63) is 29.5 Å². The van der Waals surface area contributed by atoms with Gasteiger partial charge in [-0.3, -0.25) is 5.10 Å². The first-order valence-corrected chi connectivity index (χ1v) is 8.97. The Balaban J connectivity index is 1.26. The number of nitrogens with one attached hydrogen (secondary N) is 2. The predicted octanol–water partition coefficient (Wildman–Crippen LogP) is 1.88. The lowest BCUT2D eigenvalue weighted by molar-refractivity contribution is 0.130. The van der Waals surface area contributed by atoms with E-state index in [0.717, 1.165) is 49.1 Å². The summed E-state index contributed by atoms with van der Waals surface area (Å²) >= 11 is 0. The van der Waals surface area contributed by atoms with Crippen LogP contribution < -0.4 is 5.32 Å². The van der Waals surface area contributed by atoms with Gasteiger partial charge in [-0.2, -0.15) is 5.10 Å². The molecule has 2 aromatic rings. The normalized spacial score (nSPS) is 27.0. The number of rotatable bonds is 7. The molecule has 0 unspecified atom stereocenters. The van der Waals surface area contributed by atoms with Crippen LogP contribution in [0.1, 0.15) is 67.7 Å². The summed E-state index contributed by atoms with van der Waals surface area (Å²) in [6.07, 6.45) is 6.42. The van der Waals surface area contributed by atoms with Crippen molar-refractivity contribution in [3.63, 3.8) is 0 Å². The number of aliphatic hydroxyl groups is 1. The number of aliphatic hydroxyl groups excluding tert-OH is 1. The van der Waals surface area contributed by atoms with E-state index in [4.69, 9.17) is 4.42 Å². The Labute approximate surface area is 141 Å². The quantitative estimate of drug-likeness (QED) is 0.716. The van der Waals surface area contributed by atoms with Crippen LogP contribution in [0.25, 0.3) is 0 Å². The first-order valence-electron chi connectivity index (χ1n) is 8.97. The van der Waals surface area contributed by atoms with Gasteiger partial charge in [0.1, 0.15) is 11.6 Å². The topological polar surface area (TPSA) is 99.9 Å². The van der Waals surface area contributed by atoms with Gasteiger partial charge in [-0.1, -0.05) is 6.92 Å². The molecule has 0 aliphatic heterocycles. The lowest BCUT2D eigenvalue weighted by Crippen LogP contribution is -2.27. The minimum atomic E-state index is -0.303. The average molecular weight is 331 g/mol. The highest BCUT2D eigenvalue weighted by atomic mass is 16.4. The molecule has 0 aromatic carbocycles. The van der Waals surface area contributed by atoms with Crippen molar-refractivity contribution < 1.29 is 9.52 Å². The molecule has 0 bridgehead atoms. The van der Waals surface area contributed by atoms with Gasteiger partial charge in [0.15, 0.2) is 11.7 Å². The Morgan fingerprint density at radius 3 is 2.96 bits per heavy atom. The maximum atomic E-state index is 10.3. The average Bonchev–Trinajstić information content (AvgIpc) is 3.00. The summed E-state index contributed by atoms with van der Waals surface area (Å²) in [5.41, 5.74) is 0. The predicted molar refractivity (Wildman–Crippen MR) is 87.4 cm³/mol. The first kappa shape index (κ1) is 15.8. The van der Waals surface area contributed by atoms with Gasteiger partial charge < -0.3 is 14.8 Å². The maximum absolute atomic E-state index is 10.3. The zero-order valence-corrected chi connectivity index (χ0v) is 14.0. The van der Waals surface area contributed by atoms with Gasteiger partial charge in [0.2, 0.25) is 0 Å². The van der Waals surface area contributed by atoms with E-state index < -0.39 is 0 Å². The Morgan fingerprint density at radius 1 is 1.33 bits per heavy atom. The molecule has 0 spiro atoms. The lowest BCUT2D eigenvalue weighted by atomic mass is 10.0. The molecule has 0 amide bonds. The molecule has 0 saturated heterocycles. The van der Waals surface area contributed by atoms with Crippen LogP contribution in [-0.2, 0) is 13.0 Å². The summed E-state index contributed by atoms with van der Waals surface area (Å²) in [5.74, 6) is 4.53. The zero-order chi connectivity index (χ0) is 16.5. The molecule has 2 heterocycles. The van der Waals surface area contributed by atoms with Crippen LogP contribution >= 0.6 is 0 Å². The Hall–Kier alpha value is -1.73. The number of aromatic amines is 1. The summed E-state index contributed by atoms with van der Waals surface area (Å²) in [6.45, 7) is 3.48. The van der Waals surface area contributed by atoms with Gasteiger partial charge >= 0.3 is 0 Å². The van der Waals surface area contributed by atoms with Crippen LogP contribution in [0.4, 0.5) is 0 Å². The Morgan fingerprint density at radius 2 is 2.21 bits per heavy atom. The highest BCUT2D eigenvalue weighted by molar-refractivity contribution is 5.06. The van der Waals surface area contributed by atoms with Crippen LogP contribution in [0, 0.1) is 5.92 Å². The Kier molecular flexibility index (Phi) is 4.37. The lowest BCUT2D eigenvalue weighted by Gasteiger charge is -2.14. The van der Waals surface area contributed by atoms with Crippen molar-refractivity contribution in [2.75, 3.05) is 6.54 Å². The van der Waals surface area contributed by atoms with E-state index in [2.05, 4.69) is 32.4 Å². The van der Waals surface area contributed by atoms with Crippen molar-refractivity contribution in [1.82, 2.24) is 25.5 Å². The first-order chi connectivity index (χ1) is 11.7. The monoisotopic (exact) mass is 331 g/mol. The molecule has 2 aromatic heterocycles. The number of aryl methyl sites for hydroxylation is 1. The van der Waals surface area contributed by atoms with Gasteiger partial charge in [-0.05, 0) is 31.6 Å². The minimum Gasteiger partial charge on any atom is -0.444 e. The number of hydrogen-bond acceptors (Lipinski definition) is 6. The molecule has 7 heteroatoms. The van der Waals surface area contributed by atoms with Gasteiger partial charge in [-0.15, -0.1) is 0 Å². The molecule has 3 N–H and O–H groups in total. The van der Waals surface area contributed by atoms with E-state index >= 15 is 0 Å². The van der Waals surface area contributed by atoms with Crippen molar-refractivity contribution in [3.8, 4) is 0 Å². The summed E-state index contributed by atoms with van der Waals surface area (Å²) in [6, 6.07) is 0. The fourth-order valence-corrected chi connectivity index (χ4v) is 3.49. The molecule has 130 valence electrons. The van der Waals surface area contributed by atoms with Crippen molar-refractivity contribution in [2.45, 2.75) is 63.5 Å². The molecule has 2 aliphatic carbocycles. The number of H-pyrrole nitrogens is 1. The molecule has 7 nitrogen and oxygen atoms in total. The fourth-order valence-electron chi connectivity index (χ4n) is 3.49. The van der Waals surface area contributed by atoms with Crippen LogP contribution in [0.15, 0.2) is 10.6 Å². The van der Waals surface area contributed by atoms with Gasteiger partial charge in [0, 0.05) is 24.8 Å². The Bertz CT molecular complexity index is 678. The largest absolute Gasteiger partial charge is 0.444 e. The second-order valence-electron chi connectivity index (χ2n) is 7.06. The third kappa shape index (κ3) is 3.37. The zero-order valence-electron chi connectivity index (χ0n) is 14.0. The molecule has 0 radical (unpaired) electrons. The second kappa shape index (κ2) is 6.64. The number of aromatic nitrogens is 4. The molecule has 2 saturated carbocycles. The van der Waals surface area contributed by atoms with Crippen LogP contribution in [0.3, 0.4) is 0 Å². The molecule has 24 heavy (non-hydrogen) atoms. The molecular formula is C17H25N5O2. The molecule has 4 rings (SSSR count).